The largest absolute Gasteiger partial charge is 0.486 e. The first-order valence-electron chi connectivity index (χ1n) is 9.80. The number of benzene rings is 1. The summed E-state index contributed by atoms with van der Waals surface area (Å²) in [6.45, 7) is 8.62. The van der Waals surface area contributed by atoms with Gasteiger partial charge in [0.05, 0.1) is 6.42 Å². The fourth-order valence-electron chi connectivity index (χ4n) is 3.37. The standard InChI is InChI=1S/C23H25NO6/c1-4-9-24-15(2)12-18(16(24)3)20(26)14-30-23(27)8-6-19(25)17-5-7-21-22(13-17)29-11-10-28-21/h4-5,7,12-13H,1,6,8-11,14H2,2-3H3. The summed E-state index contributed by atoms with van der Waals surface area (Å²) >= 11 is 0. The Labute approximate surface area is 175 Å². The molecule has 0 atom stereocenters. The quantitative estimate of drug-likeness (QED) is 0.357. The SMILES string of the molecule is C=CCn1c(C)cc(C(=O)COC(=O)CCC(=O)c2ccc3c(c2)OCCO3)c1C. The molecule has 1 aromatic heterocycles. The zero-order valence-corrected chi connectivity index (χ0v) is 17.2. The van der Waals surface area contributed by atoms with Crippen molar-refractivity contribution >= 4 is 17.5 Å². The maximum Gasteiger partial charge on any atom is 0.306 e. The maximum atomic E-state index is 12.4. The van der Waals surface area contributed by atoms with Gasteiger partial charge in [-0.05, 0) is 38.1 Å². The highest BCUT2D eigenvalue weighted by molar-refractivity contribution is 6.00. The second-order valence-corrected chi connectivity index (χ2v) is 7.05. The van der Waals surface area contributed by atoms with Crippen LogP contribution in [0.15, 0.2) is 36.9 Å². The van der Waals surface area contributed by atoms with Crippen molar-refractivity contribution < 1.29 is 28.6 Å². The van der Waals surface area contributed by atoms with E-state index in [0.717, 1.165) is 11.4 Å². The van der Waals surface area contributed by atoms with E-state index in [0.29, 0.717) is 42.4 Å². The minimum absolute atomic E-state index is 0.0134. The molecule has 0 unspecified atom stereocenters. The first-order valence-corrected chi connectivity index (χ1v) is 9.80. The average Bonchev–Trinajstić information content (AvgIpc) is 3.04. The van der Waals surface area contributed by atoms with Gasteiger partial charge < -0.3 is 18.8 Å². The van der Waals surface area contributed by atoms with Gasteiger partial charge in [0, 0.05) is 35.5 Å². The number of ketones is 2. The van der Waals surface area contributed by atoms with E-state index in [1.54, 1.807) is 30.3 Å². The summed E-state index contributed by atoms with van der Waals surface area (Å²) in [6.07, 6.45) is 1.64. The Kier molecular flexibility index (Phi) is 6.72. The van der Waals surface area contributed by atoms with Crippen molar-refractivity contribution in [2.75, 3.05) is 19.8 Å². The minimum atomic E-state index is -0.589. The molecule has 0 aliphatic carbocycles. The molecule has 7 heteroatoms. The topological polar surface area (TPSA) is 83.8 Å². The van der Waals surface area contributed by atoms with Crippen LogP contribution in [0.1, 0.15) is 44.9 Å². The number of ether oxygens (including phenoxy) is 3. The van der Waals surface area contributed by atoms with E-state index in [4.69, 9.17) is 14.2 Å². The summed E-state index contributed by atoms with van der Waals surface area (Å²) in [6, 6.07) is 6.72. The number of rotatable bonds is 9. The van der Waals surface area contributed by atoms with Gasteiger partial charge in [-0.15, -0.1) is 6.58 Å². The fraction of sp³-hybridized carbons (Fsp3) is 0.348. The number of aryl methyl sites for hydroxylation is 1. The Balaban J connectivity index is 1.50. The smallest absolute Gasteiger partial charge is 0.306 e. The molecule has 0 saturated carbocycles. The summed E-state index contributed by atoms with van der Waals surface area (Å²) in [5.41, 5.74) is 2.71. The fourth-order valence-corrected chi connectivity index (χ4v) is 3.37. The minimum Gasteiger partial charge on any atom is -0.486 e. The van der Waals surface area contributed by atoms with Gasteiger partial charge in [0.25, 0.3) is 0 Å². The van der Waals surface area contributed by atoms with E-state index in [2.05, 4.69) is 6.58 Å². The number of fused-ring (bicyclic) bond motifs is 1. The molecule has 0 spiro atoms. The molecular formula is C23H25NO6. The molecule has 1 aliphatic heterocycles. The summed E-state index contributed by atoms with van der Waals surface area (Å²) in [4.78, 5) is 36.8. The van der Waals surface area contributed by atoms with Crippen LogP contribution >= 0.6 is 0 Å². The van der Waals surface area contributed by atoms with Crippen LogP contribution in [-0.4, -0.2) is 41.9 Å². The van der Waals surface area contributed by atoms with Gasteiger partial charge in [0.15, 0.2) is 23.9 Å². The zero-order chi connectivity index (χ0) is 21.7. The van der Waals surface area contributed by atoms with Crippen LogP contribution in [0.2, 0.25) is 0 Å². The number of nitrogens with zero attached hydrogens (tertiary/aromatic N) is 1. The predicted molar refractivity (Wildman–Crippen MR) is 110 cm³/mol. The summed E-state index contributed by atoms with van der Waals surface area (Å²) in [5.74, 6) is 0.0554. The van der Waals surface area contributed by atoms with Crippen molar-refractivity contribution in [3.05, 3.63) is 59.4 Å². The molecule has 1 aromatic carbocycles. The number of aromatic nitrogens is 1. The molecule has 158 valence electrons. The second-order valence-electron chi connectivity index (χ2n) is 7.05. The van der Waals surface area contributed by atoms with Crippen LogP contribution in [0, 0.1) is 13.8 Å². The lowest BCUT2D eigenvalue weighted by molar-refractivity contribution is -0.142. The number of Topliss-reactive ketones (excluding diaryl/α,β-unsaturated/α-hetero) is 2. The molecule has 0 amide bonds. The Bertz CT molecular complexity index is 988. The second kappa shape index (κ2) is 9.43. The highest BCUT2D eigenvalue weighted by Crippen LogP contribution is 2.31. The van der Waals surface area contributed by atoms with Crippen molar-refractivity contribution in [3.63, 3.8) is 0 Å². The Morgan fingerprint density at radius 2 is 1.80 bits per heavy atom. The molecule has 3 rings (SSSR count). The Morgan fingerprint density at radius 3 is 2.53 bits per heavy atom. The van der Waals surface area contributed by atoms with Crippen LogP contribution in [0.3, 0.4) is 0 Å². The molecule has 0 bridgehead atoms. The molecule has 0 saturated heterocycles. The summed E-state index contributed by atoms with van der Waals surface area (Å²) in [5, 5.41) is 0. The van der Waals surface area contributed by atoms with E-state index in [9.17, 15) is 14.4 Å². The van der Waals surface area contributed by atoms with E-state index in [1.807, 2.05) is 18.4 Å². The van der Waals surface area contributed by atoms with Gasteiger partial charge in [-0.1, -0.05) is 6.08 Å². The summed E-state index contributed by atoms with van der Waals surface area (Å²) < 4.78 is 17.9. The normalized spacial score (nSPS) is 12.3. The van der Waals surface area contributed by atoms with E-state index >= 15 is 0 Å². The van der Waals surface area contributed by atoms with Crippen LogP contribution in [0.5, 0.6) is 11.5 Å². The Hall–Kier alpha value is -3.35. The van der Waals surface area contributed by atoms with Gasteiger partial charge in [-0.2, -0.15) is 0 Å². The van der Waals surface area contributed by atoms with Gasteiger partial charge in [-0.25, -0.2) is 0 Å². The number of hydrogen-bond acceptors (Lipinski definition) is 6. The van der Waals surface area contributed by atoms with E-state index < -0.39 is 5.97 Å². The van der Waals surface area contributed by atoms with Crippen molar-refractivity contribution in [2.24, 2.45) is 0 Å². The molecule has 7 nitrogen and oxygen atoms in total. The number of esters is 1. The third kappa shape index (κ3) is 4.79. The van der Waals surface area contributed by atoms with Crippen LogP contribution in [0.4, 0.5) is 0 Å². The summed E-state index contributed by atoms with van der Waals surface area (Å²) in [7, 11) is 0. The highest BCUT2D eigenvalue weighted by atomic mass is 16.6. The first kappa shape index (κ1) is 21.4. The number of hydrogen-bond donors (Lipinski definition) is 0. The predicted octanol–water partition coefficient (Wildman–Crippen LogP) is 3.45. The third-order valence-corrected chi connectivity index (χ3v) is 4.97. The molecule has 1 aliphatic rings. The first-order chi connectivity index (χ1) is 14.4. The van der Waals surface area contributed by atoms with Gasteiger partial charge in [-0.3, -0.25) is 14.4 Å². The van der Waals surface area contributed by atoms with Crippen LogP contribution < -0.4 is 9.47 Å². The molecule has 0 fully saturated rings. The lowest BCUT2D eigenvalue weighted by atomic mass is 10.1. The lowest BCUT2D eigenvalue weighted by Gasteiger charge is -2.18. The zero-order valence-electron chi connectivity index (χ0n) is 17.2. The maximum absolute atomic E-state index is 12.4. The van der Waals surface area contributed by atoms with Crippen LogP contribution in [-0.2, 0) is 16.1 Å². The molecule has 2 heterocycles. The highest BCUT2D eigenvalue weighted by Gasteiger charge is 2.19. The van der Waals surface area contributed by atoms with Gasteiger partial charge in [0.2, 0.25) is 5.78 Å². The van der Waals surface area contributed by atoms with Gasteiger partial charge >= 0.3 is 5.97 Å². The number of carbonyl (C=O) groups is 3. The molecule has 30 heavy (non-hydrogen) atoms. The molecule has 2 aromatic rings. The van der Waals surface area contributed by atoms with E-state index in [1.165, 1.54) is 0 Å². The van der Waals surface area contributed by atoms with Crippen LogP contribution in [0.25, 0.3) is 0 Å². The Morgan fingerprint density at radius 1 is 1.07 bits per heavy atom. The lowest BCUT2D eigenvalue weighted by Crippen LogP contribution is -2.17. The molecule has 0 radical (unpaired) electrons. The van der Waals surface area contributed by atoms with Crippen molar-refractivity contribution in [2.45, 2.75) is 33.2 Å². The number of carbonyl (C=O) groups excluding carboxylic acids is 3. The number of allylic oxidation sites excluding steroid dienone is 1. The monoisotopic (exact) mass is 411 g/mol. The van der Waals surface area contributed by atoms with E-state index in [-0.39, 0.29) is 31.0 Å². The molecular weight excluding hydrogens is 386 g/mol. The third-order valence-electron chi connectivity index (χ3n) is 4.97. The average molecular weight is 411 g/mol. The van der Waals surface area contributed by atoms with Crippen molar-refractivity contribution in [3.8, 4) is 11.5 Å². The van der Waals surface area contributed by atoms with Crippen molar-refractivity contribution in [1.29, 1.82) is 0 Å². The van der Waals surface area contributed by atoms with Gasteiger partial charge in [0.1, 0.15) is 13.2 Å². The molecule has 0 N–H and O–H groups in total. The van der Waals surface area contributed by atoms with Crippen molar-refractivity contribution in [1.82, 2.24) is 4.57 Å².